The first-order valence-electron chi connectivity index (χ1n) is 4.97. The third kappa shape index (κ3) is 2.37. The van der Waals surface area contributed by atoms with Gasteiger partial charge in [-0.25, -0.2) is 8.78 Å². The Bertz CT molecular complexity index is 543. The summed E-state index contributed by atoms with van der Waals surface area (Å²) in [7, 11) is 0. The first-order valence-corrected chi connectivity index (χ1v) is 5.77. The van der Waals surface area contributed by atoms with Crippen LogP contribution in [0.4, 0.5) is 8.78 Å². The average molecular weight is 299 g/mol. The topological polar surface area (TPSA) is 20.2 Å². The predicted octanol–water partition coefficient (Wildman–Crippen LogP) is 3.81. The smallest absolute Gasteiger partial charge is 0.164 e. The molecule has 1 N–H and O–H groups in total. The van der Waals surface area contributed by atoms with E-state index in [2.05, 4.69) is 15.9 Å². The molecule has 1 atom stereocenters. The molecule has 0 saturated heterocycles. The van der Waals surface area contributed by atoms with Gasteiger partial charge in [-0.3, -0.25) is 0 Å². The van der Waals surface area contributed by atoms with Crippen LogP contribution in [0.5, 0.6) is 0 Å². The van der Waals surface area contributed by atoms with Gasteiger partial charge in [-0.2, -0.15) is 0 Å². The quantitative estimate of drug-likeness (QED) is 0.894. The maximum atomic E-state index is 13.5. The SMILES string of the molecule is OC(c1ccccc1Br)c1cccc(F)c1F. The summed E-state index contributed by atoms with van der Waals surface area (Å²) in [5.41, 5.74) is 0.425. The zero-order valence-electron chi connectivity index (χ0n) is 8.70. The van der Waals surface area contributed by atoms with Gasteiger partial charge in [0.15, 0.2) is 11.6 Å². The zero-order valence-corrected chi connectivity index (χ0v) is 10.3. The Morgan fingerprint density at radius 2 is 1.59 bits per heavy atom. The van der Waals surface area contributed by atoms with Crippen LogP contribution < -0.4 is 0 Å². The van der Waals surface area contributed by atoms with Gasteiger partial charge in [0.1, 0.15) is 6.10 Å². The minimum absolute atomic E-state index is 0.0723. The Balaban J connectivity index is 2.48. The van der Waals surface area contributed by atoms with Crippen molar-refractivity contribution in [3.63, 3.8) is 0 Å². The van der Waals surface area contributed by atoms with E-state index in [9.17, 15) is 13.9 Å². The summed E-state index contributed by atoms with van der Waals surface area (Å²) in [5, 5.41) is 10.0. The number of aliphatic hydroxyl groups is 1. The van der Waals surface area contributed by atoms with E-state index in [1.165, 1.54) is 12.1 Å². The predicted molar refractivity (Wildman–Crippen MR) is 64.6 cm³/mol. The lowest BCUT2D eigenvalue weighted by atomic mass is 10.0. The zero-order chi connectivity index (χ0) is 12.4. The van der Waals surface area contributed by atoms with Crippen LogP contribution in [0.2, 0.25) is 0 Å². The van der Waals surface area contributed by atoms with Gasteiger partial charge in [0.05, 0.1) is 0 Å². The van der Waals surface area contributed by atoms with Crippen LogP contribution in [-0.4, -0.2) is 5.11 Å². The van der Waals surface area contributed by atoms with Gasteiger partial charge < -0.3 is 5.11 Å². The molecule has 0 heterocycles. The standard InChI is InChI=1S/C13H9BrF2O/c14-10-6-2-1-4-8(10)13(17)9-5-3-7-11(15)12(9)16/h1-7,13,17H. The highest BCUT2D eigenvalue weighted by Gasteiger charge is 2.19. The third-order valence-corrected chi connectivity index (χ3v) is 3.20. The Morgan fingerprint density at radius 3 is 2.29 bits per heavy atom. The molecule has 0 spiro atoms. The summed E-state index contributed by atoms with van der Waals surface area (Å²) in [6, 6.07) is 10.6. The largest absolute Gasteiger partial charge is 0.384 e. The second-order valence-electron chi connectivity index (χ2n) is 3.57. The fourth-order valence-corrected chi connectivity index (χ4v) is 2.10. The van der Waals surface area contributed by atoms with E-state index in [1.54, 1.807) is 24.3 Å². The fraction of sp³-hybridized carbons (Fsp3) is 0.0769. The van der Waals surface area contributed by atoms with Crippen LogP contribution in [-0.2, 0) is 0 Å². The molecule has 2 aromatic carbocycles. The average Bonchev–Trinajstić information content (AvgIpc) is 2.32. The molecule has 0 aliphatic rings. The minimum atomic E-state index is -1.19. The van der Waals surface area contributed by atoms with Gasteiger partial charge in [-0.1, -0.05) is 46.3 Å². The molecule has 0 aliphatic carbocycles. The van der Waals surface area contributed by atoms with Crippen LogP contribution in [0.25, 0.3) is 0 Å². The lowest BCUT2D eigenvalue weighted by molar-refractivity contribution is 0.212. The molecule has 2 rings (SSSR count). The van der Waals surface area contributed by atoms with Crippen LogP contribution in [0.3, 0.4) is 0 Å². The van der Waals surface area contributed by atoms with E-state index in [1.807, 2.05) is 0 Å². The highest BCUT2D eigenvalue weighted by Crippen LogP contribution is 2.30. The van der Waals surface area contributed by atoms with Crippen LogP contribution >= 0.6 is 15.9 Å². The number of aliphatic hydroxyl groups excluding tert-OH is 1. The second kappa shape index (κ2) is 4.94. The van der Waals surface area contributed by atoms with Gasteiger partial charge in [0.25, 0.3) is 0 Å². The highest BCUT2D eigenvalue weighted by atomic mass is 79.9. The summed E-state index contributed by atoms with van der Waals surface area (Å²) >= 11 is 3.26. The number of hydrogen-bond acceptors (Lipinski definition) is 1. The number of rotatable bonds is 2. The van der Waals surface area contributed by atoms with Crippen molar-refractivity contribution in [2.45, 2.75) is 6.10 Å². The molecular formula is C13H9BrF2O. The van der Waals surface area contributed by atoms with Crippen molar-refractivity contribution >= 4 is 15.9 Å². The van der Waals surface area contributed by atoms with E-state index in [-0.39, 0.29) is 5.56 Å². The van der Waals surface area contributed by atoms with Crippen molar-refractivity contribution in [2.24, 2.45) is 0 Å². The fourth-order valence-electron chi connectivity index (χ4n) is 1.60. The molecule has 4 heteroatoms. The van der Waals surface area contributed by atoms with Crippen molar-refractivity contribution in [1.82, 2.24) is 0 Å². The molecule has 17 heavy (non-hydrogen) atoms. The van der Waals surface area contributed by atoms with E-state index in [0.717, 1.165) is 6.07 Å². The van der Waals surface area contributed by atoms with Crippen molar-refractivity contribution in [1.29, 1.82) is 0 Å². The molecule has 0 aliphatic heterocycles. The Hall–Kier alpha value is -1.26. The summed E-state index contributed by atoms with van der Waals surface area (Å²) in [5.74, 6) is -1.98. The van der Waals surface area contributed by atoms with E-state index >= 15 is 0 Å². The Labute approximate surface area is 106 Å². The van der Waals surface area contributed by atoms with Gasteiger partial charge in [-0.05, 0) is 17.7 Å². The molecule has 1 nitrogen and oxygen atoms in total. The first kappa shape index (κ1) is 12.2. The number of hydrogen-bond donors (Lipinski definition) is 1. The molecule has 1 unspecified atom stereocenters. The summed E-state index contributed by atoms with van der Waals surface area (Å²) in [4.78, 5) is 0. The molecule has 0 saturated carbocycles. The van der Waals surface area contributed by atoms with E-state index < -0.39 is 17.7 Å². The molecule has 2 aromatic rings. The van der Waals surface area contributed by atoms with Crippen molar-refractivity contribution < 1.29 is 13.9 Å². The maximum Gasteiger partial charge on any atom is 0.164 e. The maximum absolute atomic E-state index is 13.5. The molecule has 0 radical (unpaired) electrons. The van der Waals surface area contributed by atoms with Crippen LogP contribution in [0, 0.1) is 11.6 Å². The third-order valence-electron chi connectivity index (χ3n) is 2.48. The lowest BCUT2D eigenvalue weighted by Gasteiger charge is -2.14. The Morgan fingerprint density at radius 1 is 0.941 bits per heavy atom. The molecule has 0 amide bonds. The van der Waals surface area contributed by atoms with Crippen LogP contribution in [0.15, 0.2) is 46.9 Å². The first-order chi connectivity index (χ1) is 8.11. The normalized spacial score (nSPS) is 12.5. The number of halogens is 3. The minimum Gasteiger partial charge on any atom is -0.384 e. The van der Waals surface area contributed by atoms with Gasteiger partial charge in [0.2, 0.25) is 0 Å². The highest BCUT2D eigenvalue weighted by molar-refractivity contribution is 9.10. The molecule has 0 fully saturated rings. The van der Waals surface area contributed by atoms with Gasteiger partial charge in [-0.15, -0.1) is 0 Å². The molecular weight excluding hydrogens is 290 g/mol. The van der Waals surface area contributed by atoms with E-state index in [4.69, 9.17) is 0 Å². The molecule has 88 valence electrons. The Kier molecular flexibility index (Phi) is 3.54. The number of benzene rings is 2. The monoisotopic (exact) mass is 298 g/mol. The van der Waals surface area contributed by atoms with Gasteiger partial charge in [0, 0.05) is 10.0 Å². The lowest BCUT2D eigenvalue weighted by Crippen LogP contribution is -2.04. The summed E-state index contributed by atoms with van der Waals surface area (Å²) in [6.45, 7) is 0. The van der Waals surface area contributed by atoms with Crippen molar-refractivity contribution in [3.8, 4) is 0 Å². The molecule has 0 aromatic heterocycles. The van der Waals surface area contributed by atoms with Gasteiger partial charge >= 0.3 is 0 Å². The molecule has 0 bridgehead atoms. The van der Waals surface area contributed by atoms with Crippen LogP contribution in [0.1, 0.15) is 17.2 Å². The van der Waals surface area contributed by atoms with Crippen molar-refractivity contribution in [3.05, 3.63) is 69.7 Å². The summed E-state index contributed by atoms with van der Waals surface area (Å²) in [6.07, 6.45) is -1.19. The summed E-state index contributed by atoms with van der Waals surface area (Å²) < 4.78 is 27.2. The second-order valence-corrected chi connectivity index (χ2v) is 4.42. The van der Waals surface area contributed by atoms with Crippen molar-refractivity contribution in [2.75, 3.05) is 0 Å². The van der Waals surface area contributed by atoms with E-state index in [0.29, 0.717) is 10.0 Å².